The van der Waals surface area contributed by atoms with Gasteiger partial charge in [-0.2, -0.15) is 4.73 Å². The number of hydrogen-bond acceptors (Lipinski definition) is 30. The van der Waals surface area contributed by atoms with E-state index in [9.17, 15) is 44.5 Å². The molecule has 98 heavy (non-hydrogen) atoms. The first-order chi connectivity index (χ1) is 46.7. The number of aliphatic hydroxyl groups excluding tert-OH is 1. The van der Waals surface area contributed by atoms with Gasteiger partial charge in [-0.25, -0.2) is 39.5 Å². The molecule has 12 rings (SSSR count). The molecule has 512 valence electrons. The van der Waals surface area contributed by atoms with Crippen LogP contribution in [0.1, 0.15) is 125 Å². The van der Waals surface area contributed by atoms with Crippen molar-refractivity contribution in [2.24, 2.45) is 5.73 Å². The van der Waals surface area contributed by atoms with Crippen LogP contribution < -0.4 is 32.3 Å². The van der Waals surface area contributed by atoms with Crippen LogP contribution in [0.3, 0.4) is 0 Å². The van der Waals surface area contributed by atoms with Gasteiger partial charge in [0.2, 0.25) is 5.91 Å². The summed E-state index contributed by atoms with van der Waals surface area (Å²) in [7, 11) is 4.83. The van der Waals surface area contributed by atoms with E-state index >= 15 is 14.4 Å². The fourth-order valence-corrected chi connectivity index (χ4v) is 15.9. The van der Waals surface area contributed by atoms with Gasteiger partial charge in [-0.15, -0.1) is 56.7 Å². The second kappa shape index (κ2) is 27.4. The lowest BCUT2D eigenvalue weighted by molar-refractivity contribution is -0.280. The number of aromatic hydroxyl groups is 1. The van der Waals surface area contributed by atoms with Crippen LogP contribution in [-0.4, -0.2) is 184 Å². The number of amides is 6. The molecule has 32 nitrogen and oxygen atoms in total. The molecule has 1 aromatic carbocycles. The fourth-order valence-electron chi connectivity index (χ4n) is 11.7. The average Bonchev–Trinajstić information content (AvgIpc) is 1.57. The predicted octanol–water partition coefficient (Wildman–Crippen LogP) is 3.89. The number of methoxy groups -OCH3 is 1. The third-order valence-corrected chi connectivity index (χ3v) is 20.8. The van der Waals surface area contributed by atoms with Crippen LogP contribution in [0.15, 0.2) is 69.2 Å². The Morgan fingerprint density at radius 3 is 2.23 bits per heavy atom. The van der Waals surface area contributed by atoms with Gasteiger partial charge in [-0.3, -0.25) is 28.8 Å². The van der Waals surface area contributed by atoms with Crippen LogP contribution in [0.5, 0.6) is 5.75 Å². The number of benzene rings is 1. The quantitative estimate of drug-likeness (QED) is 0.0424. The largest absolute Gasteiger partial charge is 0.506 e. The maximum atomic E-state index is 15.2. The van der Waals surface area contributed by atoms with Crippen LogP contribution >= 0.6 is 56.7 Å². The summed E-state index contributed by atoms with van der Waals surface area (Å²) in [5, 5.41) is 67.4. The van der Waals surface area contributed by atoms with Crippen molar-refractivity contribution in [2.75, 3.05) is 27.8 Å². The second-order valence-corrected chi connectivity index (χ2v) is 27.7. The molecule has 10 atom stereocenters. The minimum Gasteiger partial charge on any atom is -0.506 e. The van der Waals surface area contributed by atoms with E-state index in [1.807, 2.05) is 0 Å². The van der Waals surface area contributed by atoms with Crippen molar-refractivity contribution < 1.29 is 87.3 Å². The standard InChI is InChI=1S/C61H60N14O18S5/c1-22(48(62)78)63-49(79)31-19-97-57(68-31)42-36(77)12-27-41(70-42)30-17-95-55(65-30)29-16-91-59(84)44-28-15-89-45(46(93-37-13-61(5,86)47(74(6)7)25(4)92-37)60(85)90-14-26-10-9-11-35(38(26)28)75(44)87)43(58-69-32(20-98-58)50(80)64-29)73-52(82)34-21-96-56(67-34)40(24(3)88-8)72-53(83)39(23(2)76)71-51(81)33-18-94-54(27)66-33/h9-12,17-21,23,25,29,37,39,43,45-47,76-77,86-87H,1,13-16H2,2-8H3,(H2,62,78)(H,63,79)(H,64,80)(H,71,81)(H,72,83)(H,73,82)/b40-24+/t23-,25-,29-,37+,39+,43+,45-,46-,47-,61+/m1/s1. The number of pyridine rings is 1. The molecule has 0 radical (unpaired) electrons. The summed E-state index contributed by atoms with van der Waals surface area (Å²) >= 11 is 4.46. The maximum absolute atomic E-state index is 15.2. The monoisotopic (exact) mass is 1440 g/mol. The van der Waals surface area contributed by atoms with Gasteiger partial charge in [-0.1, -0.05) is 18.7 Å². The molecule has 4 aliphatic rings. The highest BCUT2D eigenvalue weighted by Gasteiger charge is 2.50. The first-order valence-electron chi connectivity index (χ1n) is 29.7. The molecule has 1 saturated heterocycles. The fraction of sp³-hybridized carbons (Fsp3) is 0.344. The lowest BCUT2D eigenvalue weighted by Crippen LogP contribution is -2.62. The van der Waals surface area contributed by atoms with E-state index in [0.29, 0.717) is 10.3 Å². The molecule has 8 aromatic rings. The Balaban J connectivity index is 1.04. The van der Waals surface area contributed by atoms with Gasteiger partial charge in [0.1, 0.15) is 120 Å². The summed E-state index contributed by atoms with van der Waals surface area (Å²) in [6, 6.07) is 0.628. The van der Waals surface area contributed by atoms with Crippen molar-refractivity contribution in [1.29, 1.82) is 0 Å². The lowest BCUT2D eigenvalue weighted by atomic mass is 9.85. The minimum atomic E-state index is -1.92. The molecule has 0 saturated carbocycles. The number of cyclic esters (lactones) is 2. The molecular formula is C61H60N14O18S5. The normalized spacial score (nSPS) is 24.0. The molecule has 11 heterocycles. The SMILES string of the molecule is C=C(NC(=O)c1csc(-c2nc3c(cc2O)-c2nc(cs2)C(=O)N[C@@H]([C@@H](C)O)C(=O)N/C(=C(\C)OC)c2nc(cs2)C(=O)N[C@@H]2c4nc(cs4)C(=O)N[C@H](COC(=O)c4c5c6c(cccc6n4O)COC(=O)[C@H](O[C@H]4C[C@](C)(O)[C@H](N(C)C)[C@@H](C)O4)[C@@H]2OC5)c2nc-3cs2)n1)C(N)=O. The molecule has 7 aromatic heterocycles. The third-order valence-electron chi connectivity index (χ3n) is 16.3. The van der Waals surface area contributed by atoms with E-state index < -0.39 is 145 Å². The number of ether oxygens (including phenoxy) is 6. The number of allylic oxidation sites excluding steroid dienone is 1. The van der Waals surface area contributed by atoms with Crippen LogP contribution in [0, 0.1) is 0 Å². The molecule has 37 heteroatoms. The highest BCUT2D eigenvalue weighted by Crippen LogP contribution is 2.43. The van der Waals surface area contributed by atoms with Crippen LogP contribution in [-0.2, 0) is 56.0 Å². The number of primary amides is 1. The van der Waals surface area contributed by atoms with Crippen molar-refractivity contribution in [1.82, 2.24) is 66.1 Å². The molecule has 4 aliphatic heterocycles. The highest BCUT2D eigenvalue weighted by molar-refractivity contribution is 7.14. The van der Waals surface area contributed by atoms with Gasteiger partial charge in [0, 0.05) is 49.8 Å². The number of aliphatic hydroxyl groups is 2. The van der Waals surface area contributed by atoms with Gasteiger partial charge < -0.3 is 86.2 Å². The molecule has 11 N–H and O–H groups in total. The number of likely N-dealkylation sites (N-methyl/N-ethyl adjacent to an activating group) is 1. The Morgan fingerprint density at radius 1 is 0.857 bits per heavy atom. The number of carbonyl (C=O) groups excluding carboxylic acids is 8. The van der Waals surface area contributed by atoms with E-state index in [1.165, 1.54) is 60.0 Å². The molecule has 0 spiro atoms. The van der Waals surface area contributed by atoms with E-state index in [4.69, 9.17) is 49.1 Å². The Bertz CT molecular complexity index is 4610. The van der Waals surface area contributed by atoms with Crippen molar-refractivity contribution in [3.63, 3.8) is 0 Å². The van der Waals surface area contributed by atoms with Gasteiger partial charge >= 0.3 is 11.9 Å². The van der Waals surface area contributed by atoms with Gasteiger partial charge in [0.05, 0.1) is 48.8 Å². The number of esters is 2. The molecular weight excluding hydrogens is 1380 g/mol. The summed E-state index contributed by atoms with van der Waals surface area (Å²) in [6.45, 7) is 7.68. The molecule has 6 amide bonds. The molecule has 0 unspecified atom stereocenters. The van der Waals surface area contributed by atoms with Crippen molar-refractivity contribution in [3.8, 4) is 38.4 Å². The minimum absolute atomic E-state index is 0.00915. The topological polar surface area (TPSA) is 445 Å². The predicted molar refractivity (Wildman–Crippen MR) is 350 cm³/mol. The Hall–Kier alpha value is -9.54. The highest BCUT2D eigenvalue weighted by atomic mass is 32.1. The maximum Gasteiger partial charge on any atom is 0.358 e. The van der Waals surface area contributed by atoms with E-state index in [1.54, 1.807) is 45.0 Å². The summed E-state index contributed by atoms with van der Waals surface area (Å²) in [5.74, 6) is -8.28. The number of rotatable bonds is 9. The summed E-state index contributed by atoms with van der Waals surface area (Å²) in [6.07, 6.45) is -7.56. The lowest BCUT2D eigenvalue weighted by Gasteiger charge is -2.48. The smallest absolute Gasteiger partial charge is 0.358 e. The van der Waals surface area contributed by atoms with Crippen LogP contribution in [0.4, 0.5) is 0 Å². The number of fused-ring (bicyclic) bond motifs is 15. The number of nitrogens with zero attached hydrogens (tertiary/aromatic N) is 8. The first-order valence-corrected chi connectivity index (χ1v) is 34.1. The Kier molecular flexibility index (Phi) is 19.1. The van der Waals surface area contributed by atoms with Crippen molar-refractivity contribution in [3.05, 3.63) is 124 Å². The zero-order valence-corrected chi connectivity index (χ0v) is 56.7. The second-order valence-electron chi connectivity index (χ2n) is 23.3. The Labute approximate surface area is 574 Å². The number of carbonyl (C=O) groups is 8. The number of nitrogens with two attached hydrogens (primary N) is 1. The Morgan fingerprint density at radius 2 is 1.52 bits per heavy atom. The number of thiazole rings is 5. The molecule has 1 fully saturated rings. The van der Waals surface area contributed by atoms with Gasteiger partial charge in [0.25, 0.3) is 29.5 Å². The average molecular weight is 1440 g/mol. The summed E-state index contributed by atoms with van der Waals surface area (Å²) < 4.78 is 38.2. The third kappa shape index (κ3) is 13.4. The van der Waals surface area contributed by atoms with E-state index in [2.05, 4.69) is 48.1 Å². The van der Waals surface area contributed by atoms with E-state index in [0.717, 1.165) is 56.7 Å². The van der Waals surface area contributed by atoms with Crippen molar-refractivity contribution in [2.45, 2.75) is 108 Å². The van der Waals surface area contributed by atoms with E-state index in [-0.39, 0.29) is 105 Å². The zero-order chi connectivity index (χ0) is 69.9. The van der Waals surface area contributed by atoms with Crippen molar-refractivity contribution >= 4 is 121 Å². The number of hydrogen-bond donors (Lipinski definition) is 10. The molecule has 12 bridgehead atoms. The van der Waals surface area contributed by atoms with Crippen LogP contribution in [0.25, 0.3) is 49.3 Å². The van der Waals surface area contributed by atoms with Crippen LogP contribution in [0.2, 0.25) is 0 Å². The number of nitrogens with one attached hydrogen (secondary N) is 5. The summed E-state index contributed by atoms with van der Waals surface area (Å²) in [5.41, 5.74) is 2.00. The first kappa shape index (κ1) is 68.4. The zero-order valence-electron chi connectivity index (χ0n) is 52.6. The number of aromatic nitrogens is 7. The molecule has 0 aliphatic carbocycles. The van der Waals surface area contributed by atoms with Gasteiger partial charge in [-0.05, 0) is 59.5 Å². The van der Waals surface area contributed by atoms with Gasteiger partial charge in [0.15, 0.2) is 18.1 Å². The summed E-state index contributed by atoms with van der Waals surface area (Å²) in [4.78, 5) is 144.